The molecule has 0 nitrogen and oxygen atoms in total. The molecule has 120 valence electrons. The monoisotopic (exact) mass is 320 g/mol. The Hall–Kier alpha value is -3.12. The second kappa shape index (κ2) is 6.78. The molecule has 0 aromatic heterocycles. The van der Waals surface area contributed by atoms with Crippen molar-refractivity contribution >= 4 is 0 Å². The van der Waals surface area contributed by atoms with Crippen LogP contribution in [0, 0.1) is 6.92 Å². The highest BCUT2D eigenvalue weighted by atomic mass is 14.1. The summed E-state index contributed by atoms with van der Waals surface area (Å²) in [5, 5.41) is 0. The minimum Gasteiger partial charge on any atom is -0.0622 e. The highest BCUT2D eigenvalue weighted by Gasteiger charge is 2.08. The van der Waals surface area contributed by atoms with E-state index in [0.717, 1.165) is 0 Å². The Kier molecular flexibility index (Phi) is 4.18. The summed E-state index contributed by atoms with van der Waals surface area (Å²) in [5.41, 5.74) is 8.89. The van der Waals surface area contributed by atoms with Gasteiger partial charge in [-0.25, -0.2) is 0 Å². The van der Waals surface area contributed by atoms with Crippen molar-refractivity contribution in [2.75, 3.05) is 0 Å². The van der Waals surface area contributed by atoms with Crippen LogP contribution in [0.5, 0.6) is 0 Å². The van der Waals surface area contributed by atoms with E-state index in [0.29, 0.717) is 0 Å². The highest BCUT2D eigenvalue weighted by molar-refractivity contribution is 5.85. The molecule has 0 heterocycles. The smallest absolute Gasteiger partial charge is 0.0105 e. The van der Waals surface area contributed by atoms with Gasteiger partial charge in [0.05, 0.1) is 0 Å². The summed E-state index contributed by atoms with van der Waals surface area (Å²) >= 11 is 0. The van der Waals surface area contributed by atoms with Gasteiger partial charge < -0.3 is 0 Å². The minimum absolute atomic E-state index is 1.25. The van der Waals surface area contributed by atoms with Crippen molar-refractivity contribution in [1.82, 2.24) is 0 Å². The molecule has 0 aliphatic carbocycles. The average Bonchev–Trinajstić information content (AvgIpc) is 2.69. The summed E-state index contributed by atoms with van der Waals surface area (Å²) in [6, 6.07) is 36.6. The predicted octanol–water partition coefficient (Wildman–Crippen LogP) is 7.00. The van der Waals surface area contributed by atoms with Gasteiger partial charge in [-0.05, 0) is 51.9 Å². The van der Waals surface area contributed by atoms with Crippen LogP contribution < -0.4 is 0 Å². The van der Waals surface area contributed by atoms with Gasteiger partial charge in [0, 0.05) is 0 Å². The molecule has 0 aliphatic rings. The molecule has 0 amide bonds. The number of hydrogen-bond acceptors (Lipinski definition) is 0. The molecule has 0 heteroatoms. The predicted molar refractivity (Wildman–Crippen MR) is 107 cm³/mol. The maximum atomic E-state index is 2.30. The number of benzene rings is 4. The van der Waals surface area contributed by atoms with Gasteiger partial charge in [-0.2, -0.15) is 0 Å². The van der Waals surface area contributed by atoms with Crippen LogP contribution in [0.4, 0.5) is 0 Å². The topological polar surface area (TPSA) is 0 Å². The molecule has 0 fully saturated rings. The minimum atomic E-state index is 1.25. The van der Waals surface area contributed by atoms with Gasteiger partial charge in [-0.3, -0.25) is 0 Å². The first-order chi connectivity index (χ1) is 12.3. The first kappa shape index (κ1) is 15.4. The van der Waals surface area contributed by atoms with Gasteiger partial charge in [0.25, 0.3) is 0 Å². The standard InChI is InChI=1S/C25H20/c1-19-10-5-6-15-23(19)21-13-9-14-22(18-21)25-17-8-7-16-24(25)20-11-3-2-4-12-20/h2-18H,1H3. The summed E-state index contributed by atoms with van der Waals surface area (Å²) in [6.07, 6.45) is 0. The molecular weight excluding hydrogens is 300 g/mol. The molecule has 0 spiro atoms. The Morgan fingerprint density at radius 3 is 1.56 bits per heavy atom. The molecule has 0 saturated heterocycles. The quantitative estimate of drug-likeness (QED) is 0.381. The zero-order chi connectivity index (χ0) is 17.1. The molecule has 25 heavy (non-hydrogen) atoms. The molecule has 0 atom stereocenters. The van der Waals surface area contributed by atoms with Crippen LogP contribution in [0.2, 0.25) is 0 Å². The van der Waals surface area contributed by atoms with Crippen LogP contribution in [-0.2, 0) is 0 Å². The van der Waals surface area contributed by atoms with Crippen LogP contribution in [0.25, 0.3) is 33.4 Å². The van der Waals surface area contributed by atoms with Crippen LogP contribution in [0.15, 0.2) is 103 Å². The van der Waals surface area contributed by atoms with Crippen molar-refractivity contribution in [2.45, 2.75) is 6.92 Å². The fraction of sp³-hybridized carbons (Fsp3) is 0.0400. The number of rotatable bonds is 3. The second-order valence-corrected chi connectivity index (χ2v) is 6.31. The van der Waals surface area contributed by atoms with Crippen molar-refractivity contribution < 1.29 is 0 Å². The molecule has 0 aliphatic heterocycles. The van der Waals surface area contributed by atoms with E-state index in [1.165, 1.54) is 38.9 Å². The van der Waals surface area contributed by atoms with Gasteiger partial charge in [-0.1, -0.05) is 97.1 Å². The normalized spacial score (nSPS) is 10.6. The van der Waals surface area contributed by atoms with Gasteiger partial charge in [0.2, 0.25) is 0 Å². The van der Waals surface area contributed by atoms with Crippen molar-refractivity contribution in [3.63, 3.8) is 0 Å². The van der Waals surface area contributed by atoms with Crippen LogP contribution in [-0.4, -0.2) is 0 Å². The summed E-state index contributed by atoms with van der Waals surface area (Å²) in [5.74, 6) is 0. The SMILES string of the molecule is Cc1ccccc1-c1cccc(-c2ccccc2-c2ccccc2)c1. The van der Waals surface area contributed by atoms with Crippen LogP contribution in [0.3, 0.4) is 0 Å². The fourth-order valence-corrected chi connectivity index (χ4v) is 3.36. The summed E-state index contributed by atoms with van der Waals surface area (Å²) in [4.78, 5) is 0. The lowest BCUT2D eigenvalue weighted by molar-refractivity contribution is 1.46. The zero-order valence-corrected chi connectivity index (χ0v) is 14.3. The van der Waals surface area contributed by atoms with E-state index in [2.05, 4.69) is 110 Å². The Labute approximate surface area is 149 Å². The van der Waals surface area contributed by atoms with Crippen LogP contribution in [0.1, 0.15) is 5.56 Å². The maximum absolute atomic E-state index is 2.30. The Bertz CT molecular complexity index is 997. The summed E-state index contributed by atoms with van der Waals surface area (Å²) < 4.78 is 0. The zero-order valence-electron chi connectivity index (χ0n) is 14.3. The third kappa shape index (κ3) is 3.12. The Morgan fingerprint density at radius 2 is 0.880 bits per heavy atom. The third-order valence-corrected chi connectivity index (χ3v) is 4.64. The molecular formula is C25H20. The summed E-state index contributed by atoms with van der Waals surface area (Å²) in [7, 11) is 0. The lowest BCUT2D eigenvalue weighted by Gasteiger charge is -2.12. The lowest BCUT2D eigenvalue weighted by Crippen LogP contribution is -1.87. The van der Waals surface area contributed by atoms with E-state index in [4.69, 9.17) is 0 Å². The highest BCUT2D eigenvalue weighted by Crippen LogP contribution is 2.34. The number of hydrogen-bond donors (Lipinski definition) is 0. The Balaban J connectivity index is 1.85. The molecule has 0 saturated carbocycles. The first-order valence-electron chi connectivity index (χ1n) is 8.64. The van der Waals surface area contributed by atoms with Gasteiger partial charge in [0.1, 0.15) is 0 Å². The van der Waals surface area contributed by atoms with E-state index in [-0.39, 0.29) is 0 Å². The van der Waals surface area contributed by atoms with Gasteiger partial charge >= 0.3 is 0 Å². The molecule has 4 aromatic carbocycles. The molecule has 0 bridgehead atoms. The molecule has 0 unspecified atom stereocenters. The van der Waals surface area contributed by atoms with Crippen molar-refractivity contribution in [3.05, 3.63) is 109 Å². The molecule has 0 N–H and O–H groups in total. The largest absolute Gasteiger partial charge is 0.0622 e. The Morgan fingerprint density at radius 1 is 0.400 bits per heavy atom. The molecule has 4 rings (SSSR count). The van der Waals surface area contributed by atoms with Crippen LogP contribution >= 0.6 is 0 Å². The third-order valence-electron chi connectivity index (χ3n) is 4.64. The summed E-state index contributed by atoms with van der Waals surface area (Å²) in [6.45, 7) is 2.17. The fourth-order valence-electron chi connectivity index (χ4n) is 3.36. The maximum Gasteiger partial charge on any atom is -0.0105 e. The number of aryl methyl sites for hydroxylation is 1. The van der Waals surface area contributed by atoms with Crippen molar-refractivity contribution in [1.29, 1.82) is 0 Å². The van der Waals surface area contributed by atoms with Gasteiger partial charge in [0.15, 0.2) is 0 Å². The van der Waals surface area contributed by atoms with E-state index in [1.54, 1.807) is 0 Å². The van der Waals surface area contributed by atoms with Crippen molar-refractivity contribution in [3.8, 4) is 33.4 Å². The van der Waals surface area contributed by atoms with E-state index in [1.807, 2.05) is 0 Å². The molecule has 4 aromatic rings. The molecule has 0 radical (unpaired) electrons. The average molecular weight is 320 g/mol. The van der Waals surface area contributed by atoms with Gasteiger partial charge in [-0.15, -0.1) is 0 Å². The lowest BCUT2D eigenvalue weighted by atomic mass is 9.92. The second-order valence-electron chi connectivity index (χ2n) is 6.31. The van der Waals surface area contributed by atoms with Crippen molar-refractivity contribution in [2.24, 2.45) is 0 Å². The van der Waals surface area contributed by atoms with E-state index >= 15 is 0 Å². The van der Waals surface area contributed by atoms with E-state index in [9.17, 15) is 0 Å². The first-order valence-corrected chi connectivity index (χ1v) is 8.64. The van der Waals surface area contributed by atoms with E-state index < -0.39 is 0 Å².